The summed E-state index contributed by atoms with van der Waals surface area (Å²) in [5.74, 6) is -0.526. The van der Waals surface area contributed by atoms with Gasteiger partial charge in [-0.25, -0.2) is 0 Å². The Kier molecular flexibility index (Phi) is 3.35. The molecule has 5 nitrogen and oxygen atoms in total. The number of carbonyl (C=O) groups excluding carboxylic acids is 3. The summed E-state index contributed by atoms with van der Waals surface area (Å²) in [5, 5.41) is 0. The summed E-state index contributed by atoms with van der Waals surface area (Å²) < 4.78 is 0. The Balaban J connectivity index is 2.85. The summed E-state index contributed by atoms with van der Waals surface area (Å²) in [7, 11) is 1.72. The molecule has 0 bridgehead atoms. The van der Waals surface area contributed by atoms with Crippen LogP contribution in [0.3, 0.4) is 0 Å². The molecule has 1 saturated heterocycles. The third kappa shape index (κ3) is 2.23. The van der Waals surface area contributed by atoms with E-state index in [1.807, 2.05) is 0 Å². The second-order valence-electron chi connectivity index (χ2n) is 4.71. The van der Waals surface area contributed by atoms with E-state index < -0.39 is 5.54 Å². The van der Waals surface area contributed by atoms with Gasteiger partial charge in [-0.3, -0.25) is 14.4 Å². The highest BCUT2D eigenvalue weighted by atomic mass is 16.2. The molecule has 90 valence electrons. The van der Waals surface area contributed by atoms with Crippen molar-refractivity contribution in [2.45, 2.75) is 32.7 Å². The number of nitrogens with zero attached hydrogens (tertiary/aromatic N) is 2. The van der Waals surface area contributed by atoms with Gasteiger partial charge < -0.3 is 9.80 Å². The average molecular weight is 226 g/mol. The van der Waals surface area contributed by atoms with Crippen LogP contribution in [0.5, 0.6) is 0 Å². The van der Waals surface area contributed by atoms with Gasteiger partial charge in [0.25, 0.3) is 0 Å². The van der Waals surface area contributed by atoms with E-state index in [2.05, 4.69) is 0 Å². The van der Waals surface area contributed by atoms with Crippen molar-refractivity contribution in [3.63, 3.8) is 0 Å². The van der Waals surface area contributed by atoms with Crippen LogP contribution in [0.15, 0.2) is 0 Å². The first-order valence-corrected chi connectivity index (χ1v) is 5.32. The van der Waals surface area contributed by atoms with Crippen molar-refractivity contribution in [2.75, 3.05) is 20.1 Å². The molecule has 0 atom stereocenters. The molecule has 0 spiro atoms. The zero-order chi connectivity index (χ0) is 12.5. The van der Waals surface area contributed by atoms with E-state index in [1.165, 1.54) is 11.8 Å². The number of rotatable bonds is 2. The molecule has 0 saturated carbocycles. The summed E-state index contributed by atoms with van der Waals surface area (Å²) in [5.41, 5.74) is -0.848. The maximum absolute atomic E-state index is 11.9. The fraction of sp³-hybridized carbons (Fsp3) is 0.727. The molecule has 16 heavy (non-hydrogen) atoms. The molecule has 1 heterocycles. The minimum absolute atomic E-state index is 0.0874. The molecule has 0 aliphatic carbocycles. The van der Waals surface area contributed by atoms with Crippen molar-refractivity contribution in [1.82, 2.24) is 9.80 Å². The summed E-state index contributed by atoms with van der Waals surface area (Å²) in [6.07, 6.45) is -0.125. The van der Waals surface area contributed by atoms with Gasteiger partial charge >= 0.3 is 0 Å². The predicted octanol–water partition coefficient (Wildman–Crippen LogP) is 0.0447. The summed E-state index contributed by atoms with van der Waals surface area (Å²) >= 11 is 0. The number of hydrogen-bond donors (Lipinski definition) is 0. The van der Waals surface area contributed by atoms with Crippen LogP contribution >= 0.6 is 0 Å². The lowest BCUT2D eigenvalue weighted by atomic mass is 9.97. The Bertz CT molecular complexity index is 336. The number of likely N-dealkylation sites (N-methyl/N-ethyl adjacent to an activating group) is 1. The molecule has 1 aliphatic rings. The van der Waals surface area contributed by atoms with Gasteiger partial charge in [-0.1, -0.05) is 0 Å². The van der Waals surface area contributed by atoms with Crippen molar-refractivity contribution in [2.24, 2.45) is 0 Å². The molecule has 0 aromatic rings. The van der Waals surface area contributed by atoms with Crippen LogP contribution in [0, 0.1) is 0 Å². The molecular weight excluding hydrogens is 208 g/mol. The fourth-order valence-corrected chi connectivity index (χ4v) is 1.96. The van der Waals surface area contributed by atoms with Crippen molar-refractivity contribution in [1.29, 1.82) is 0 Å². The predicted molar refractivity (Wildman–Crippen MR) is 58.7 cm³/mol. The van der Waals surface area contributed by atoms with Gasteiger partial charge in [0.05, 0.1) is 6.42 Å². The molecule has 5 heteroatoms. The minimum atomic E-state index is -0.848. The second kappa shape index (κ2) is 4.23. The van der Waals surface area contributed by atoms with Gasteiger partial charge in [0, 0.05) is 20.1 Å². The van der Waals surface area contributed by atoms with Crippen LogP contribution in [0.4, 0.5) is 0 Å². The number of Topliss-reactive ketones (excluding diaryl/α,β-unsaturated/α-hetero) is 1. The normalized spacial score (nSPS) is 19.9. The summed E-state index contributed by atoms with van der Waals surface area (Å²) in [4.78, 5) is 37.7. The lowest BCUT2D eigenvalue weighted by molar-refractivity contribution is -0.157. The Morgan fingerprint density at radius 2 is 1.88 bits per heavy atom. The highest BCUT2D eigenvalue weighted by molar-refractivity contribution is 6.00. The number of carbonyl (C=O) groups is 3. The first-order valence-electron chi connectivity index (χ1n) is 5.32. The molecule has 0 radical (unpaired) electrons. The van der Waals surface area contributed by atoms with Crippen LogP contribution in [0.1, 0.15) is 27.2 Å². The molecule has 1 aliphatic heterocycles. The second-order valence-corrected chi connectivity index (χ2v) is 4.71. The smallest absolute Gasteiger partial charge is 0.247 e. The molecular formula is C11H18N2O3. The lowest BCUT2D eigenvalue weighted by Crippen LogP contribution is -2.63. The molecule has 0 aromatic heterocycles. The average Bonchev–Trinajstić information content (AvgIpc) is 2.13. The number of piperazine rings is 1. The van der Waals surface area contributed by atoms with Crippen LogP contribution in [0.2, 0.25) is 0 Å². The molecule has 1 fully saturated rings. The maximum atomic E-state index is 11.9. The highest BCUT2D eigenvalue weighted by Gasteiger charge is 2.42. The quantitative estimate of drug-likeness (QED) is 0.625. The Labute approximate surface area is 95.4 Å². The van der Waals surface area contributed by atoms with Crippen LogP contribution in [-0.2, 0) is 14.4 Å². The van der Waals surface area contributed by atoms with Crippen molar-refractivity contribution >= 4 is 17.6 Å². The topological polar surface area (TPSA) is 57.7 Å². The van der Waals surface area contributed by atoms with Crippen molar-refractivity contribution in [3.05, 3.63) is 0 Å². The highest BCUT2D eigenvalue weighted by Crippen LogP contribution is 2.22. The van der Waals surface area contributed by atoms with Gasteiger partial charge in [-0.2, -0.15) is 0 Å². The fourth-order valence-electron chi connectivity index (χ4n) is 1.96. The molecule has 0 aromatic carbocycles. The molecule has 1 rings (SSSR count). The molecule has 0 N–H and O–H groups in total. The van der Waals surface area contributed by atoms with E-state index in [1.54, 1.807) is 25.8 Å². The Hall–Kier alpha value is -1.39. The van der Waals surface area contributed by atoms with Crippen LogP contribution in [0.25, 0.3) is 0 Å². The zero-order valence-electron chi connectivity index (χ0n) is 10.2. The monoisotopic (exact) mass is 226 g/mol. The molecule has 2 amide bonds. The third-order valence-electron chi connectivity index (χ3n) is 2.91. The summed E-state index contributed by atoms with van der Waals surface area (Å²) in [6, 6.07) is 0. The van der Waals surface area contributed by atoms with Crippen molar-refractivity contribution < 1.29 is 14.4 Å². The van der Waals surface area contributed by atoms with Crippen LogP contribution < -0.4 is 0 Å². The van der Waals surface area contributed by atoms with Gasteiger partial charge in [0.15, 0.2) is 0 Å². The lowest BCUT2D eigenvalue weighted by Gasteiger charge is -2.44. The SMILES string of the molecule is CC(=O)CC(=O)N1CCN(C)C(=O)C1(C)C. The van der Waals surface area contributed by atoms with Gasteiger partial charge in [-0.05, 0) is 20.8 Å². The van der Waals surface area contributed by atoms with Gasteiger partial charge in [0.2, 0.25) is 11.8 Å². The first kappa shape index (κ1) is 12.7. The van der Waals surface area contributed by atoms with E-state index in [4.69, 9.17) is 0 Å². The third-order valence-corrected chi connectivity index (χ3v) is 2.91. The zero-order valence-corrected chi connectivity index (χ0v) is 10.2. The largest absolute Gasteiger partial charge is 0.342 e. The first-order chi connectivity index (χ1) is 7.26. The number of amides is 2. The van der Waals surface area contributed by atoms with E-state index in [0.717, 1.165) is 0 Å². The van der Waals surface area contributed by atoms with E-state index in [0.29, 0.717) is 13.1 Å². The number of ketones is 1. The van der Waals surface area contributed by atoms with Crippen LogP contribution in [-0.4, -0.2) is 53.1 Å². The van der Waals surface area contributed by atoms with Gasteiger partial charge in [-0.15, -0.1) is 0 Å². The summed E-state index contributed by atoms with van der Waals surface area (Å²) in [6.45, 7) is 5.81. The molecule has 0 unspecified atom stereocenters. The maximum Gasteiger partial charge on any atom is 0.247 e. The minimum Gasteiger partial charge on any atom is -0.342 e. The van der Waals surface area contributed by atoms with E-state index in [9.17, 15) is 14.4 Å². The van der Waals surface area contributed by atoms with E-state index >= 15 is 0 Å². The Morgan fingerprint density at radius 1 is 1.31 bits per heavy atom. The van der Waals surface area contributed by atoms with Gasteiger partial charge in [0.1, 0.15) is 11.3 Å². The van der Waals surface area contributed by atoms with Crippen molar-refractivity contribution in [3.8, 4) is 0 Å². The van der Waals surface area contributed by atoms with E-state index in [-0.39, 0.29) is 24.0 Å². The standard InChI is InChI=1S/C11H18N2O3/c1-8(14)7-9(15)13-6-5-12(4)10(16)11(13,2)3/h5-7H2,1-4H3. The number of hydrogen-bond acceptors (Lipinski definition) is 3. The Morgan fingerprint density at radius 3 is 2.38 bits per heavy atom.